The van der Waals surface area contributed by atoms with Gasteiger partial charge in [0, 0.05) is 25.0 Å². The van der Waals surface area contributed by atoms with Gasteiger partial charge >= 0.3 is 12.2 Å². The first-order valence-electron chi connectivity index (χ1n) is 14.3. The summed E-state index contributed by atoms with van der Waals surface area (Å²) in [4.78, 5) is 28.5. The van der Waals surface area contributed by atoms with Crippen LogP contribution in [0.5, 0.6) is 17.4 Å². The number of nitrogens with zero attached hydrogens (tertiary/aromatic N) is 4. The molecule has 1 aromatic carbocycles. The Kier molecular flexibility index (Phi) is 7.63. The smallest absolute Gasteiger partial charge is 0.421 e. The van der Waals surface area contributed by atoms with Crippen molar-refractivity contribution in [3.63, 3.8) is 0 Å². The maximum atomic E-state index is 14.0. The highest BCUT2D eigenvalue weighted by molar-refractivity contribution is 5.90. The van der Waals surface area contributed by atoms with Crippen molar-refractivity contribution >= 4 is 22.8 Å². The first-order chi connectivity index (χ1) is 20.5. The number of aryl methyl sites for hydroxylation is 1. The molecule has 4 aromatic rings. The predicted molar refractivity (Wildman–Crippen MR) is 156 cm³/mol. The van der Waals surface area contributed by atoms with E-state index in [1.807, 2.05) is 50.1 Å². The highest BCUT2D eigenvalue weighted by atomic mass is 19.4. The highest BCUT2D eigenvalue weighted by Gasteiger charge is 2.37. The lowest BCUT2D eigenvalue weighted by molar-refractivity contribution is -0.139. The predicted octanol–water partition coefficient (Wildman–Crippen LogP) is 6.70. The quantitative estimate of drug-likeness (QED) is 0.267. The lowest BCUT2D eigenvalue weighted by Gasteiger charge is -2.35. The van der Waals surface area contributed by atoms with Gasteiger partial charge in [-0.1, -0.05) is 6.07 Å². The number of ether oxygens (including phenoxy) is 2. The summed E-state index contributed by atoms with van der Waals surface area (Å²) in [5, 5.41) is 3.48. The Hall–Kier alpha value is -4.32. The lowest BCUT2D eigenvalue weighted by atomic mass is 9.93. The highest BCUT2D eigenvalue weighted by Crippen LogP contribution is 2.39. The van der Waals surface area contributed by atoms with Gasteiger partial charge in [0.2, 0.25) is 5.88 Å². The van der Waals surface area contributed by atoms with Crippen molar-refractivity contribution in [1.29, 1.82) is 0 Å². The van der Waals surface area contributed by atoms with E-state index >= 15 is 0 Å². The van der Waals surface area contributed by atoms with Gasteiger partial charge in [-0.05, 0) is 88.2 Å². The number of likely N-dealkylation sites (tertiary alicyclic amines) is 1. The number of urea groups is 1. The van der Waals surface area contributed by atoms with Crippen molar-refractivity contribution in [3.05, 3.63) is 71.2 Å². The number of carbonyl (C=O) groups is 1. The first kappa shape index (κ1) is 28.8. The van der Waals surface area contributed by atoms with Crippen LogP contribution < -0.4 is 14.8 Å². The molecule has 43 heavy (non-hydrogen) atoms. The summed E-state index contributed by atoms with van der Waals surface area (Å²) in [6.07, 6.45) is -0.111. The number of fused-ring (bicyclic) bond motifs is 2. The first-order valence-corrected chi connectivity index (χ1v) is 14.3. The number of amides is 2. The third kappa shape index (κ3) is 6.10. The molecule has 9 nitrogen and oxygen atoms in total. The van der Waals surface area contributed by atoms with Crippen LogP contribution >= 0.6 is 0 Å². The van der Waals surface area contributed by atoms with Crippen LogP contribution in [-0.4, -0.2) is 63.6 Å². The fourth-order valence-corrected chi connectivity index (χ4v) is 5.87. The Bertz CT molecular complexity index is 1660. The minimum atomic E-state index is -4.70. The van der Waals surface area contributed by atoms with Crippen molar-refractivity contribution in [2.24, 2.45) is 0 Å². The molecule has 5 heterocycles. The molecule has 1 saturated heterocycles. The fourth-order valence-electron chi connectivity index (χ4n) is 5.87. The van der Waals surface area contributed by atoms with Crippen molar-refractivity contribution in [2.75, 3.05) is 32.0 Å². The molecule has 0 spiro atoms. The van der Waals surface area contributed by atoms with Crippen LogP contribution in [0, 0.1) is 6.92 Å². The zero-order chi connectivity index (χ0) is 30.3. The second-order valence-corrected chi connectivity index (χ2v) is 11.3. The third-order valence-electron chi connectivity index (χ3n) is 8.04. The molecule has 2 amide bonds. The zero-order valence-electron chi connectivity index (χ0n) is 24.2. The van der Waals surface area contributed by atoms with Crippen molar-refractivity contribution in [3.8, 4) is 17.4 Å². The van der Waals surface area contributed by atoms with Gasteiger partial charge < -0.3 is 29.6 Å². The van der Waals surface area contributed by atoms with Gasteiger partial charge in [-0.15, -0.1) is 0 Å². The Morgan fingerprint density at radius 1 is 1.14 bits per heavy atom. The average molecular weight is 595 g/mol. The van der Waals surface area contributed by atoms with Gasteiger partial charge in [0.15, 0.2) is 0 Å². The number of aromatic nitrogens is 3. The van der Waals surface area contributed by atoms with Gasteiger partial charge in [0.05, 0.1) is 23.3 Å². The minimum Gasteiger partial charge on any atom is -0.473 e. The van der Waals surface area contributed by atoms with Crippen LogP contribution in [0.3, 0.4) is 0 Å². The molecular weight excluding hydrogens is 561 g/mol. The number of hydrogen-bond donors (Lipinski definition) is 2. The van der Waals surface area contributed by atoms with Crippen molar-refractivity contribution in [2.45, 2.75) is 51.4 Å². The van der Waals surface area contributed by atoms with Gasteiger partial charge in [-0.2, -0.15) is 13.2 Å². The molecule has 2 atom stereocenters. The fraction of sp³-hybridized carbons (Fsp3) is 0.387. The number of likely N-dealkylation sites (N-methyl/N-ethyl adjacent to an activating group) is 1. The summed E-state index contributed by atoms with van der Waals surface area (Å²) in [7, 11) is 1.91. The number of rotatable bonds is 5. The van der Waals surface area contributed by atoms with E-state index in [0.717, 1.165) is 46.9 Å². The summed E-state index contributed by atoms with van der Waals surface area (Å²) < 4.78 is 53.9. The van der Waals surface area contributed by atoms with Crippen molar-refractivity contribution < 1.29 is 27.4 Å². The molecule has 0 aliphatic carbocycles. The number of nitrogens with one attached hydrogen (secondary N) is 2. The summed E-state index contributed by atoms with van der Waals surface area (Å²) >= 11 is 0. The second-order valence-electron chi connectivity index (χ2n) is 11.3. The molecule has 0 radical (unpaired) electrons. The third-order valence-corrected chi connectivity index (χ3v) is 8.04. The van der Waals surface area contributed by atoms with E-state index in [2.05, 4.69) is 20.3 Å². The van der Waals surface area contributed by atoms with E-state index in [1.54, 1.807) is 17.2 Å². The molecule has 6 rings (SSSR count). The van der Waals surface area contributed by atoms with Crippen LogP contribution in [0.2, 0.25) is 0 Å². The van der Waals surface area contributed by atoms with Gasteiger partial charge in [0.1, 0.15) is 28.8 Å². The van der Waals surface area contributed by atoms with Crippen LogP contribution in [0.15, 0.2) is 48.8 Å². The van der Waals surface area contributed by atoms with Gasteiger partial charge in [0.25, 0.3) is 0 Å². The largest absolute Gasteiger partial charge is 0.473 e. The van der Waals surface area contributed by atoms with E-state index in [9.17, 15) is 18.0 Å². The standard InChI is InChI=1S/C31H33F3N6O3/c1-18-13-25-27(8-10-35-28(25)37-18)42-22-7-6-20-9-12-40(19(2)24(20)15-22)30(41)38-21-14-26(31(32,33)34)29(36-16-21)43-23-5-4-11-39(3)17-23/h6-8,10,13-16,19,23H,4-5,9,11-12,17H2,1-3H3,(H,35,37)(H,38,41)/t19-,23?/m0/s1. The molecule has 12 heteroatoms. The average Bonchev–Trinajstić information content (AvgIpc) is 3.35. The molecule has 0 saturated carbocycles. The molecule has 226 valence electrons. The number of pyridine rings is 2. The topological polar surface area (TPSA) is 95.6 Å². The van der Waals surface area contributed by atoms with Crippen molar-refractivity contribution in [1.82, 2.24) is 24.8 Å². The molecule has 0 bridgehead atoms. The number of carbonyl (C=O) groups excluding carboxylic acids is 1. The van der Waals surface area contributed by atoms with E-state index < -0.39 is 23.7 Å². The van der Waals surface area contributed by atoms with Crippen LogP contribution in [-0.2, 0) is 12.6 Å². The zero-order valence-corrected chi connectivity index (χ0v) is 24.2. The number of alkyl halides is 3. The molecule has 2 N–H and O–H groups in total. The number of benzene rings is 1. The summed E-state index contributed by atoms with van der Waals surface area (Å²) in [5.41, 5.74) is 2.62. The van der Waals surface area contributed by atoms with Crippen LogP contribution in [0.25, 0.3) is 11.0 Å². The number of piperidine rings is 1. The molecule has 3 aromatic heterocycles. The number of anilines is 1. The van der Waals surface area contributed by atoms with Gasteiger partial charge in [-0.3, -0.25) is 0 Å². The minimum absolute atomic E-state index is 0.0518. The Morgan fingerprint density at radius 3 is 2.77 bits per heavy atom. The van der Waals surface area contributed by atoms with Crippen LogP contribution in [0.4, 0.5) is 23.7 Å². The maximum absolute atomic E-state index is 14.0. The Morgan fingerprint density at radius 2 is 1.98 bits per heavy atom. The van der Waals surface area contributed by atoms with E-state index in [0.29, 0.717) is 37.4 Å². The Labute approximate surface area is 247 Å². The number of aromatic amines is 1. The number of hydrogen-bond acceptors (Lipinski definition) is 6. The maximum Gasteiger partial charge on any atom is 0.421 e. The molecule has 1 unspecified atom stereocenters. The Balaban J connectivity index is 1.18. The second kappa shape index (κ2) is 11.4. The summed E-state index contributed by atoms with van der Waals surface area (Å²) in [6.45, 7) is 5.64. The molecule has 2 aliphatic rings. The number of H-pyrrole nitrogens is 1. The van der Waals surface area contributed by atoms with Gasteiger partial charge in [-0.25, -0.2) is 14.8 Å². The summed E-state index contributed by atoms with van der Waals surface area (Å²) in [5.74, 6) is 0.793. The molecule has 1 fully saturated rings. The van der Waals surface area contributed by atoms with E-state index in [-0.39, 0.29) is 17.8 Å². The molecular formula is C31H33F3N6O3. The summed E-state index contributed by atoms with van der Waals surface area (Å²) in [6, 6.07) is 9.58. The normalized spacial score (nSPS) is 19.3. The number of halogens is 3. The van der Waals surface area contributed by atoms with E-state index in [1.165, 1.54) is 6.20 Å². The lowest BCUT2D eigenvalue weighted by Crippen LogP contribution is -2.41. The van der Waals surface area contributed by atoms with E-state index in [4.69, 9.17) is 9.47 Å². The monoisotopic (exact) mass is 594 g/mol. The van der Waals surface area contributed by atoms with Crippen LogP contribution in [0.1, 0.15) is 48.2 Å². The SMILES string of the molecule is Cc1cc2c(Oc3ccc4c(c3)[C@H](C)N(C(=O)Nc3cnc(OC5CCCN(C)C5)c(C(F)(F)F)c3)CC4)ccnc2[nH]1. The molecule has 2 aliphatic heterocycles.